The van der Waals surface area contributed by atoms with Gasteiger partial charge in [0.15, 0.2) is 0 Å². The summed E-state index contributed by atoms with van der Waals surface area (Å²) >= 11 is 0. The number of hydrogen-bond acceptors (Lipinski definition) is 4. The standard InChI is InChI=1S/C29H29N3O2/c1-3-22-16-21(18-30)17-28(20(22)2)31-12-14-32(15-13-31)29(33)34-19-27-25-10-6-4-8-23(25)24-9-5-7-11-26(24)27/h1,4-11,16-17,27H,12-15,18-19,30H2,2H3. The highest BCUT2D eigenvalue weighted by molar-refractivity contribution is 5.79. The first kappa shape index (κ1) is 22.1. The zero-order valence-electron chi connectivity index (χ0n) is 19.5. The second-order valence-corrected chi connectivity index (χ2v) is 8.91. The Kier molecular flexibility index (Phi) is 6.00. The molecule has 1 saturated heterocycles. The van der Waals surface area contributed by atoms with Gasteiger partial charge in [-0.1, -0.05) is 54.5 Å². The first-order chi connectivity index (χ1) is 16.6. The van der Waals surface area contributed by atoms with Crippen LogP contribution in [0.2, 0.25) is 0 Å². The van der Waals surface area contributed by atoms with E-state index in [1.54, 1.807) is 4.90 Å². The van der Waals surface area contributed by atoms with Crippen LogP contribution in [0.1, 0.15) is 33.7 Å². The average Bonchev–Trinajstić information content (AvgIpc) is 3.21. The molecule has 0 aromatic heterocycles. The summed E-state index contributed by atoms with van der Waals surface area (Å²) in [5.41, 5.74) is 14.9. The smallest absolute Gasteiger partial charge is 0.409 e. The molecule has 3 aromatic rings. The molecule has 2 N–H and O–H groups in total. The number of piperazine rings is 1. The lowest BCUT2D eigenvalue weighted by Gasteiger charge is -2.36. The molecular weight excluding hydrogens is 422 g/mol. The molecule has 172 valence electrons. The van der Waals surface area contributed by atoms with E-state index in [4.69, 9.17) is 16.9 Å². The second-order valence-electron chi connectivity index (χ2n) is 8.91. The van der Waals surface area contributed by atoms with Crippen molar-refractivity contribution in [2.75, 3.05) is 37.7 Å². The van der Waals surface area contributed by atoms with Gasteiger partial charge in [0.2, 0.25) is 0 Å². The van der Waals surface area contributed by atoms with E-state index in [0.717, 1.165) is 35.5 Å². The number of ether oxygens (including phenoxy) is 1. The van der Waals surface area contributed by atoms with Gasteiger partial charge in [-0.15, -0.1) is 6.42 Å². The first-order valence-corrected chi connectivity index (χ1v) is 11.8. The lowest BCUT2D eigenvalue weighted by atomic mass is 9.98. The normalized spacial score (nSPS) is 15.0. The van der Waals surface area contributed by atoms with Gasteiger partial charge in [-0.25, -0.2) is 4.79 Å². The summed E-state index contributed by atoms with van der Waals surface area (Å²) in [6.07, 6.45) is 5.45. The van der Waals surface area contributed by atoms with Gasteiger partial charge in [-0.05, 0) is 52.4 Å². The summed E-state index contributed by atoms with van der Waals surface area (Å²) in [5.74, 6) is 2.84. The van der Waals surface area contributed by atoms with Crippen molar-refractivity contribution in [3.63, 3.8) is 0 Å². The molecule has 1 amide bonds. The third-order valence-corrected chi connectivity index (χ3v) is 7.05. The Morgan fingerprint density at radius 2 is 1.65 bits per heavy atom. The average molecular weight is 452 g/mol. The summed E-state index contributed by atoms with van der Waals surface area (Å²) in [6, 6.07) is 20.8. The Balaban J connectivity index is 1.24. The fourth-order valence-corrected chi connectivity index (χ4v) is 5.17. The van der Waals surface area contributed by atoms with Crippen LogP contribution in [0.5, 0.6) is 0 Å². The molecule has 1 aliphatic carbocycles. The van der Waals surface area contributed by atoms with E-state index < -0.39 is 0 Å². The van der Waals surface area contributed by atoms with Crippen LogP contribution in [0.25, 0.3) is 11.1 Å². The van der Waals surface area contributed by atoms with Gasteiger partial charge >= 0.3 is 6.09 Å². The number of carbonyl (C=O) groups is 1. The Morgan fingerprint density at radius 1 is 1.03 bits per heavy atom. The maximum Gasteiger partial charge on any atom is 0.409 e. The molecule has 5 rings (SSSR count). The Hall–Kier alpha value is -3.75. The number of fused-ring (bicyclic) bond motifs is 3. The molecular formula is C29H29N3O2. The highest BCUT2D eigenvalue weighted by Gasteiger charge is 2.30. The highest BCUT2D eigenvalue weighted by Crippen LogP contribution is 2.44. The van der Waals surface area contributed by atoms with Crippen molar-refractivity contribution in [2.24, 2.45) is 5.73 Å². The van der Waals surface area contributed by atoms with Crippen molar-refractivity contribution in [1.82, 2.24) is 4.90 Å². The van der Waals surface area contributed by atoms with Crippen molar-refractivity contribution in [1.29, 1.82) is 0 Å². The van der Waals surface area contributed by atoms with Crippen molar-refractivity contribution >= 4 is 11.8 Å². The largest absolute Gasteiger partial charge is 0.448 e. The number of carbonyl (C=O) groups excluding carboxylic acids is 1. The maximum absolute atomic E-state index is 12.9. The number of terminal acetylenes is 1. The molecule has 34 heavy (non-hydrogen) atoms. The number of anilines is 1. The van der Waals surface area contributed by atoms with Crippen LogP contribution < -0.4 is 10.6 Å². The summed E-state index contributed by atoms with van der Waals surface area (Å²) in [7, 11) is 0. The number of benzene rings is 3. The van der Waals surface area contributed by atoms with Gasteiger partial charge in [-0.2, -0.15) is 0 Å². The quantitative estimate of drug-likeness (QED) is 0.593. The molecule has 5 heteroatoms. The summed E-state index contributed by atoms with van der Waals surface area (Å²) < 4.78 is 5.84. The third-order valence-electron chi connectivity index (χ3n) is 7.05. The molecule has 1 heterocycles. The lowest BCUT2D eigenvalue weighted by Crippen LogP contribution is -2.49. The molecule has 0 radical (unpaired) electrons. The summed E-state index contributed by atoms with van der Waals surface area (Å²) in [4.78, 5) is 17.0. The first-order valence-electron chi connectivity index (χ1n) is 11.8. The van der Waals surface area contributed by atoms with Crippen LogP contribution >= 0.6 is 0 Å². The Labute approximate surface area is 201 Å². The highest BCUT2D eigenvalue weighted by atomic mass is 16.6. The fourth-order valence-electron chi connectivity index (χ4n) is 5.17. The minimum absolute atomic E-state index is 0.0708. The molecule has 0 unspecified atom stereocenters. The van der Waals surface area contributed by atoms with Crippen molar-refractivity contribution in [3.05, 3.63) is 88.5 Å². The van der Waals surface area contributed by atoms with E-state index in [9.17, 15) is 4.79 Å². The van der Waals surface area contributed by atoms with Crippen LogP contribution in [0.3, 0.4) is 0 Å². The Bertz CT molecular complexity index is 1220. The number of hydrogen-bond donors (Lipinski definition) is 1. The summed E-state index contributed by atoms with van der Waals surface area (Å²) in [5, 5.41) is 0. The SMILES string of the molecule is C#Cc1cc(CN)cc(N2CCN(C(=O)OCC3c4ccccc4-c4ccccc43)CC2)c1C. The molecule has 5 nitrogen and oxygen atoms in total. The fraction of sp³-hybridized carbons (Fsp3) is 0.276. The lowest BCUT2D eigenvalue weighted by molar-refractivity contribution is 0.0977. The second kappa shape index (κ2) is 9.24. The van der Waals surface area contributed by atoms with Gasteiger partial charge in [0, 0.05) is 49.9 Å². The van der Waals surface area contributed by atoms with Crippen LogP contribution in [-0.2, 0) is 11.3 Å². The van der Waals surface area contributed by atoms with E-state index >= 15 is 0 Å². The van der Waals surface area contributed by atoms with Crippen molar-refractivity contribution < 1.29 is 9.53 Å². The van der Waals surface area contributed by atoms with E-state index in [1.807, 2.05) is 25.1 Å². The predicted octanol–water partition coefficient (Wildman–Crippen LogP) is 4.51. The number of amides is 1. The molecule has 0 saturated carbocycles. The van der Waals surface area contributed by atoms with Gasteiger partial charge in [-0.3, -0.25) is 0 Å². The van der Waals surface area contributed by atoms with E-state index in [-0.39, 0.29) is 12.0 Å². The minimum Gasteiger partial charge on any atom is -0.448 e. The monoisotopic (exact) mass is 451 g/mol. The van der Waals surface area contributed by atoms with Crippen LogP contribution in [0.4, 0.5) is 10.5 Å². The van der Waals surface area contributed by atoms with Crippen LogP contribution in [0.15, 0.2) is 60.7 Å². The molecule has 0 atom stereocenters. The van der Waals surface area contributed by atoms with Crippen LogP contribution in [-0.4, -0.2) is 43.8 Å². The minimum atomic E-state index is -0.252. The van der Waals surface area contributed by atoms with Gasteiger partial charge in [0.1, 0.15) is 6.61 Å². The van der Waals surface area contributed by atoms with Gasteiger partial charge < -0.3 is 20.3 Å². The molecule has 1 aliphatic heterocycles. The predicted molar refractivity (Wildman–Crippen MR) is 136 cm³/mol. The van der Waals surface area contributed by atoms with Crippen molar-refractivity contribution in [3.8, 4) is 23.5 Å². The number of nitrogens with zero attached hydrogens (tertiary/aromatic N) is 2. The maximum atomic E-state index is 12.9. The Morgan fingerprint density at radius 3 is 2.24 bits per heavy atom. The molecule has 3 aromatic carbocycles. The molecule has 0 spiro atoms. The number of nitrogens with two attached hydrogens (primary N) is 1. The van der Waals surface area contributed by atoms with E-state index in [1.165, 1.54) is 22.3 Å². The zero-order chi connectivity index (χ0) is 23.7. The molecule has 2 aliphatic rings. The summed E-state index contributed by atoms with van der Waals surface area (Å²) in [6.45, 7) is 5.50. The zero-order valence-corrected chi connectivity index (χ0v) is 19.5. The molecule has 0 bridgehead atoms. The third kappa shape index (κ3) is 3.91. The molecule has 1 fully saturated rings. The van der Waals surface area contributed by atoms with Crippen LogP contribution in [0, 0.1) is 19.3 Å². The number of rotatable bonds is 4. The van der Waals surface area contributed by atoms with Gasteiger partial charge in [0.25, 0.3) is 0 Å². The van der Waals surface area contributed by atoms with Gasteiger partial charge in [0.05, 0.1) is 0 Å². The van der Waals surface area contributed by atoms with E-state index in [0.29, 0.717) is 26.2 Å². The van der Waals surface area contributed by atoms with E-state index in [2.05, 4.69) is 53.3 Å². The topological polar surface area (TPSA) is 58.8 Å². The van der Waals surface area contributed by atoms with Crippen molar-refractivity contribution in [2.45, 2.75) is 19.4 Å².